The van der Waals surface area contributed by atoms with Crippen molar-refractivity contribution in [1.29, 1.82) is 0 Å². The summed E-state index contributed by atoms with van der Waals surface area (Å²) >= 11 is 7.85. The zero-order valence-electron chi connectivity index (χ0n) is 18.4. The molecule has 1 atom stereocenters. The van der Waals surface area contributed by atoms with E-state index in [2.05, 4.69) is 28.6 Å². The topological polar surface area (TPSA) is 69.4 Å². The number of ether oxygens (including phenoxy) is 1. The van der Waals surface area contributed by atoms with Gasteiger partial charge in [-0.1, -0.05) is 23.7 Å². The van der Waals surface area contributed by atoms with Gasteiger partial charge in [-0.05, 0) is 64.2 Å². The number of aryl methyl sites for hydroxylation is 2. The molecule has 1 aliphatic carbocycles. The molecule has 3 aromatic rings. The Morgan fingerprint density at radius 1 is 1.16 bits per heavy atom. The number of halogens is 1. The average Bonchev–Trinajstić information content (AvgIpc) is 3.45. The van der Waals surface area contributed by atoms with Crippen LogP contribution in [0, 0.1) is 20.8 Å². The van der Waals surface area contributed by atoms with Gasteiger partial charge in [-0.2, -0.15) is 0 Å². The van der Waals surface area contributed by atoms with E-state index in [1.807, 2.05) is 31.2 Å². The summed E-state index contributed by atoms with van der Waals surface area (Å²) in [4.78, 5) is 19.2. The molecule has 0 N–H and O–H groups in total. The summed E-state index contributed by atoms with van der Waals surface area (Å²) in [6.07, 6.45) is 4.29. The standard InChI is InChI=1S/C24H25ClN4O2S/c1-13-14(2)32-24-21(13)22(16-8-10-17(25)11-9-16)26-19(23-28-27-15(3)29(23)24)12-20(30)31-18-6-4-5-7-18/h8-11,18-19H,4-7,12H2,1-3H3/t19-/m0/s1. The summed E-state index contributed by atoms with van der Waals surface area (Å²) in [5.74, 6) is 1.23. The Balaban J connectivity index is 1.62. The smallest absolute Gasteiger partial charge is 0.308 e. The Morgan fingerprint density at radius 2 is 1.88 bits per heavy atom. The SMILES string of the molecule is Cc1sc2c(c1C)C(c1ccc(Cl)cc1)=N[C@@H](CC(=O)OC1CCCC1)c1nnc(C)n1-2. The molecule has 166 valence electrons. The number of hydrogen-bond donors (Lipinski definition) is 0. The molecule has 0 spiro atoms. The lowest BCUT2D eigenvalue weighted by atomic mass is 9.99. The molecule has 3 heterocycles. The molecule has 1 aromatic carbocycles. The van der Waals surface area contributed by atoms with Crippen molar-refractivity contribution in [3.8, 4) is 5.00 Å². The van der Waals surface area contributed by atoms with E-state index in [4.69, 9.17) is 21.3 Å². The first-order chi connectivity index (χ1) is 15.4. The lowest BCUT2D eigenvalue weighted by molar-refractivity contribution is -0.149. The molecule has 1 aliphatic heterocycles. The highest BCUT2D eigenvalue weighted by atomic mass is 35.5. The summed E-state index contributed by atoms with van der Waals surface area (Å²) in [6.45, 7) is 6.17. The van der Waals surface area contributed by atoms with E-state index >= 15 is 0 Å². The molecule has 8 heteroatoms. The van der Waals surface area contributed by atoms with Crippen LogP contribution in [0.1, 0.15) is 71.4 Å². The number of thiophene rings is 1. The largest absolute Gasteiger partial charge is 0.462 e. The third-order valence-corrected chi connectivity index (χ3v) is 7.76. The number of carbonyl (C=O) groups excluding carboxylic acids is 1. The van der Waals surface area contributed by atoms with Crippen LogP contribution in [0.3, 0.4) is 0 Å². The van der Waals surface area contributed by atoms with Crippen LogP contribution in [-0.4, -0.2) is 32.5 Å². The first-order valence-electron chi connectivity index (χ1n) is 11.0. The van der Waals surface area contributed by atoms with Crippen molar-refractivity contribution in [2.75, 3.05) is 0 Å². The number of carbonyl (C=O) groups is 1. The first-order valence-corrected chi connectivity index (χ1v) is 12.2. The maximum atomic E-state index is 12.9. The van der Waals surface area contributed by atoms with Gasteiger partial charge in [0.15, 0.2) is 5.82 Å². The molecular formula is C24H25ClN4O2S. The van der Waals surface area contributed by atoms with Crippen molar-refractivity contribution >= 4 is 34.6 Å². The zero-order valence-corrected chi connectivity index (χ0v) is 20.0. The van der Waals surface area contributed by atoms with E-state index in [9.17, 15) is 4.79 Å². The summed E-state index contributed by atoms with van der Waals surface area (Å²) in [5.41, 5.74) is 4.04. The van der Waals surface area contributed by atoms with E-state index in [0.717, 1.165) is 53.3 Å². The lowest BCUT2D eigenvalue weighted by Crippen LogP contribution is -2.18. The monoisotopic (exact) mass is 468 g/mol. The highest BCUT2D eigenvalue weighted by molar-refractivity contribution is 7.15. The fourth-order valence-electron chi connectivity index (χ4n) is 4.53. The number of rotatable bonds is 4. The van der Waals surface area contributed by atoms with Gasteiger partial charge in [0.25, 0.3) is 0 Å². The fraction of sp³-hybridized carbons (Fsp3) is 0.417. The van der Waals surface area contributed by atoms with E-state index in [1.54, 1.807) is 11.3 Å². The third kappa shape index (κ3) is 3.77. The van der Waals surface area contributed by atoms with E-state index in [-0.39, 0.29) is 18.5 Å². The van der Waals surface area contributed by atoms with Crippen LogP contribution in [0.15, 0.2) is 29.3 Å². The summed E-state index contributed by atoms with van der Waals surface area (Å²) < 4.78 is 7.81. The summed E-state index contributed by atoms with van der Waals surface area (Å²) in [5, 5.41) is 10.5. The number of aromatic nitrogens is 3. The normalized spacial score (nSPS) is 18.1. The quantitative estimate of drug-likeness (QED) is 0.462. The Hall–Kier alpha value is -2.51. The van der Waals surface area contributed by atoms with Crippen molar-refractivity contribution in [2.24, 2.45) is 4.99 Å². The van der Waals surface area contributed by atoms with Gasteiger partial charge >= 0.3 is 5.97 Å². The van der Waals surface area contributed by atoms with Crippen molar-refractivity contribution < 1.29 is 9.53 Å². The predicted octanol–water partition coefficient (Wildman–Crippen LogP) is 5.68. The second-order valence-corrected chi connectivity index (χ2v) is 10.1. The number of esters is 1. The van der Waals surface area contributed by atoms with Crippen molar-refractivity contribution in [1.82, 2.24) is 14.8 Å². The van der Waals surface area contributed by atoms with Gasteiger partial charge in [-0.3, -0.25) is 14.4 Å². The van der Waals surface area contributed by atoms with Crippen LogP contribution in [0.2, 0.25) is 5.02 Å². The highest BCUT2D eigenvalue weighted by Gasteiger charge is 2.33. The minimum atomic E-state index is -0.477. The lowest BCUT2D eigenvalue weighted by Gasteiger charge is -2.15. The first kappa shape index (κ1) is 21.3. The van der Waals surface area contributed by atoms with Crippen LogP contribution in [-0.2, 0) is 9.53 Å². The molecule has 0 saturated heterocycles. The Bertz CT molecular complexity index is 1210. The molecule has 1 fully saturated rings. The summed E-state index contributed by atoms with van der Waals surface area (Å²) in [6, 6.07) is 7.21. The maximum absolute atomic E-state index is 12.9. The number of hydrogen-bond acceptors (Lipinski definition) is 6. The molecule has 5 rings (SSSR count). The molecule has 0 bridgehead atoms. The predicted molar refractivity (Wildman–Crippen MR) is 126 cm³/mol. The molecule has 2 aromatic heterocycles. The van der Waals surface area contributed by atoms with Crippen LogP contribution < -0.4 is 0 Å². The van der Waals surface area contributed by atoms with Gasteiger partial charge in [-0.25, -0.2) is 0 Å². The number of aliphatic imine (C=N–C) groups is 1. The Labute approximate surface area is 196 Å². The van der Waals surface area contributed by atoms with Gasteiger partial charge in [-0.15, -0.1) is 21.5 Å². The molecule has 0 unspecified atom stereocenters. The van der Waals surface area contributed by atoms with Crippen LogP contribution >= 0.6 is 22.9 Å². The molecule has 0 amide bonds. The minimum absolute atomic E-state index is 0.0270. The van der Waals surface area contributed by atoms with E-state index in [1.165, 1.54) is 10.4 Å². The van der Waals surface area contributed by atoms with Gasteiger partial charge in [0, 0.05) is 21.0 Å². The molecule has 1 saturated carbocycles. The summed E-state index contributed by atoms with van der Waals surface area (Å²) in [7, 11) is 0. The zero-order chi connectivity index (χ0) is 22.4. The molecule has 6 nitrogen and oxygen atoms in total. The Kier molecular flexibility index (Phi) is 5.63. The van der Waals surface area contributed by atoms with Crippen LogP contribution in [0.4, 0.5) is 0 Å². The van der Waals surface area contributed by atoms with Gasteiger partial charge in [0.1, 0.15) is 23.0 Å². The second-order valence-electron chi connectivity index (χ2n) is 8.51. The van der Waals surface area contributed by atoms with E-state index < -0.39 is 6.04 Å². The van der Waals surface area contributed by atoms with Crippen LogP contribution in [0.5, 0.6) is 0 Å². The number of benzene rings is 1. The second kappa shape index (κ2) is 8.45. The van der Waals surface area contributed by atoms with Gasteiger partial charge in [0.2, 0.25) is 0 Å². The third-order valence-electron chi connectivity index (χ3n) is 6.32. The minimum Gasteiger partial charge on any atom is -0.462 e. The molecular weight excluding hydrogens is 444 g/mol. The van der Waals surface area contributed by atoms with E-state index in [0.29, 0.717) is 10.8 Å². The average molecular weight is 469 g/mol. The molecule has 32 heavy (non-hydrogen) atoms. The van der Waals surface area contributed by atoms with Crippen LogP contribution in [0.25, 0.3) is 5.00 Å². The number of nitrogens with zero attached hydrogens (tertiary/aromatic N) is 4. The van der Waals surface area contributed by atoms with Crippen molar-refractivity contribution in [2.45, 2.75) is 65.0 Å². The molecule has 0 radical (unpaired) electrons. The fourth-order valence-corrected chi connectivity index (χ4v) is 5.87. The van der Waals surface area contributed by atoms with Crippen molar-refractivity contribution in [3.05, 3.63) is 62.5 Å². The van der Waals surface area contributed by atoms with Gasteiger partial charge in [0.05, 0.1) is 12.1 Å². The van der Waals surface area contributed by atoms with Gasteiger partial charge < -0.3 is 4.74 Å². The molecule has 2 aliphatic rings. The maximum Gasteiger partial charge on any atom is 0.308 e. The highest BCUT2D eigenvalue weighted by Crippen LogP contribution is 2.39. The number of fused-ring (bicyclic) bond motifs is 3. The Morgan fingerprint density at radius 3 is 2.59 bits per heavy atom. The van der Waals surface area contributed by atoms with Crippen molar-refractivity contribution in [3.63, 3.8) is 0 Å².